The molecule has 0 aliphatic carbocycles. The van der Waals surface area contributed by atoms with E-state index in [9.17, 15) is 9.00 Å². The molecule has 0 aromatic carbocycles. The van der Waals surface area contributed by atoms with Crippen LogP contribution in [-0.4, -0.2) is 34.8 Å². The van der Waals surface area contributed by atoms with Crippen LogP contribution in [0.25, 0.3) is 5.65 Å². The third kappa shape index (κ3) is 1.93. The van der Waals surface area contributed by atoms with E-state index in [1.807, 2.05) is 0 Å². The van der Waals surface area contributed by atoms with Crippen LogP contribution in [0.2, 0.25) is 0 Å². The van der Waals surface area contributed by atoms with Gasteiger partial charge in [-0.2, -0.15) is 4.68 Å². The molecule has 0 bridgehead atoms. The van der Waals surface area contributed by atoms with E-state index in [1.165, 1.54) is 10.7 Å². The van der Waals surface area contributed by atoms with Gasteiger partial charge < -0.3 is 0 Å². The molecule has 0 spiro atoms. The van der Waals surface area contributed by atoms with Crippen molar-refractivity contribution in [2.75, 3.05) is 6.26 Å². The van der Waals surface area contributed by atoms with Crippen molar-refractivity contribution in [3.05, 3.63) is 16.3 Å². The van der Waals surface area contributed by atoms with Gasteiger partial charge in [-0.3, -0.25) is 4.21 Å². The average molecular weight is 265 g/mol. The summed E-state index contributed by atoms with van der Waals surface area (Å²) in [5, 5.41) is 7.92. The SMILES string of the molecule is CC#CCn1nnc2c(S(C)=O)nc(C)n2c1=O. The Kier molecular flexibility index (Phi) is 3.25. The normalized spacial score (nSPS) is 12.2. The summed E-state index contributed by atoms with van der Waals surface area (Å²) < 4.78 is 13.9. The second-order valence-corrected chi connectivity index (χ2v) is 4.83. The molecule has 18 heavy (non-hydrogen) atoms. The average Bonchev–Trinajstić information content (AvgIpc) is 2.67. The molecule has 2 rings (SSSR count). The van der Waals surface area contributed by atoms with Gasteiger partial charge in [-0.05, 0) is 13.8 Å². The predicted molar refractivity (Wildman–Crippen MR) is 65.6 cm³/mol. The molecule has 2 aromatic heterocycles. The summed E-state index contributed by atoms with van der Waals surface area (Å²) in [4.78, 5) is 16.2. The van der Waals surface area contributed by atoms with Crippen molar-refractivity contribution in [3.8, 4) is 11.8 Å². The summed E-state index contributed by atoms with van der Waals surface area (Å²) in [6, 6.07) is 0. The van der Waals surface area contributed by atoms with E-state index in [4.69, 9.17) is 0 Å². The minimum atomic E-state index is -1.31. The third-order valence-corrected chi connectivity index (χ3v) is 3.15. The largest absolute Gasteiger partial charge is 0.354 e. The van der Waals surface area contributed by atoms with Gasteiger partial charge >= 0.3 is 5.69 Å². The molecule has 2 aromatic rings. The monoisotopic (exact) mass is 265 g/mol. The van der Waals surface area contributed by atoms with Gasteiger partial charge in [-0.1, -0.05) is 11.1 Å². The Bertz CT molecular complexity index is 749. The summed E-state index contributed by atoms with van der Waals surface area (Å²) in [6.45, 7) is 3.50. The molecule has 0 saturated heterocycles. The Morgan fingerprint density at radius 3 is 2.78 bits per heavy atom. The molecule has 0 amide bonds. The van der Waals surface area contributed by atoms with Gasteiger partial charge in [0.25, 0.3) is 0 Å². The summed E-state index contributed by atoms with van der Waals surface area (Å²) >= 11 is 0. The lowest BCUT2D eigenvalue weighted by Gasteiger charge is -1.99. The van der Waals surface area contributed by atoms with Gasteiger partial charge in [0.2, 0.25) is 5.65 Å². The highest BCUT2D eigenvalue weighted by Crippen LogP contribution is 2.09. The minimum Gasteiger partial charge on any atom is -0.253 e. The highest BCUT2D eigenvalue weighted by atomic mass is 32.2. The van der Waals surface area contributed by atoms with E-state index in [2.05, 4.69) is 27.1 Å². The summed E-state index contributed by atoms with van der Waals surface area (Å²) in [5.41, 5.74) is -0.150. The number of hydrogen-bond donors (Lipinski definition) is 0. The van der Waals surface area contributed by atoms with Gasteiger partial charge in [0.15, 0.2) is 5.03 Å². The topological polar surface area (TPSA) is 82.2 Å². The number of aromatic nitrogens is 5. The first-order chi connectivity index (χ1) is 8.56. The molecule has 0 aliphatic rings. The number of hydrogen-bond acceptors (Lipinski definition) is 5. The molecule has 2 heterocycles. The Morgan fingerprint density at radius 1 is 1.44 bits per heavy atom. The first-order valence-electron chi connectivity index (χ1n) is 5.12. The van der Waals surface area contributed by atoms with Crippen LogP contribution in [0, 0.1) is 18.8 Å². The Labute approximate surface area is 105 Å². The minimum absolute atomic E-state index is 0.167. The molecule has 0 N–H and O–H groups in total. The molecule has 7 nitrogen and oxygen atoms in total. The quantitative estimate of drug-likeness (QED) is 0.674. The van der Waals surface area contributed by atoms with Crippen LogP contribution in [0.5, 0.6) is 0 Å². The third-order valence-electron chi connectivity index (χ3n) is 2.33. The van der Waals surface area contributed by atoms with Crippen LogP contribution in [0.3, 0.4) is 0 Å². The first-order valence-corrected chi connectivity index (χ1v) is 6.68. The second-order valence-electron chi connectivity index (χ2n) is 3.53. The Balaban J connectivity index is 2.75. The molecule has 0 aliphatic heterocycles. The van der Waals surface area contributed by atoms with Crippen LogP contribution in [0.15, 0.2) is 9.82 Å². The molecule has 1 atom stereocenters. The molecule has 94 valence electrons. The van der Waals surface area contributed by atoms with Crippen LogP contribution in [0.1, 0.15) is 12.7 Å². The smallest absolute Gasteiger partial charge is 0.253 e. The maximum atomic E-state index is 12.1. The second kappa shape index (κ2) is 4.70. The highest BCUT2D eigenvalue weighted by molar-refractivity contribution is 7.84. The van der Waals surface area contributed by atoms with E-state index in [-0.39, 0.29) is 22.9 Å². The van der Waals surface area contributed by atoms with Crippen molar-refractivity contribution in [1.29, 1.82) is 0 Å². The Morgan fingerprint density at radius 2 is 2.17 bits per heavy atom. The zero-order valence-corrected chi connectivity index (χ0v) is 11.0. The lowest BCUT2D eigenvalue weighted by Crippen LogP contribution is -2.30. The summed E-state index contributed by atoms with van der Waals surface area (Å²) in [5.74, 6) is 5.85. The fourth-order valence-corrected chi connectivity index (χ4v) is 2.16. The number of nitrogens with zero attached hydrogens (tertiary/aromatic N) is 5. The maximum absolute atomic E-state index is 12.1. The van der Waals surface area contributed by atoms with Crippen LogP contribution < -0.4 is 5.69 Å². The standard InChI is InChI=1S/C10H11N5O2S/c1-4-5-6-14-10(16)15-7(2)11-9(18(3)17)8(15)12-13-14/h6H2,1-3H3. The maximum Gasteiger partial charge on any atom is 0.354 e. The zero-order valence-electron chi connectivity index (χ0n) is 10.2. The van der Waals surface area contributed by atoms with Crippen LogP contribution in [0.4, 0.5) is 0 Å². The molecule has 0 saturated carbocycles. The summed E-state index contributed by atoms with van der Waals surface area (Å²) in [6.07, 6.45) is 1.48. The van der Waals surface area contributed by atoms with Crippen molar-refractivity contribution in [1.82, 2.24) is 24.4 Å². The number of fused-ring (bicyclic) bond motifs is 1. The lowest BCUT2D eigenvalue weighted by molar-refractivity contribution is 0.572. The fourth-order valence-electron chi connectivity index (χ4n) is 1.51. The zero-order chi connectivity index (χ0) is 13.3. The van der Waals surface area contributed by atoms with Crippen LogP contribution in [-0.2, 0) is 17.3 Å². The first kappa shape index (κ1) is 12.4. The van der Waals surface area contributed by atoms with Gasteiger partial charge in [0.1, 0.15) is 12.4 Å². The van der Waals surface area contributed by atoms with Crippen molar-refractivity contribution in [3.63, 3.8) is 0 Å². The van der Waals surface area contributed by atoms with E-state index in [1.54, 1.807) is 13.8 Å². The predicted octanol–water partition coefficient (Wildman–Crippen LogP) is -0.645. The van der Waals surface area contributed by atoms with Crippen molar-refractivity contribution in [2.45, 2.75) is 25.4 Å². The van der Waals surface area contributed by atoms with Gasteiger partial charge in [0, 0.05) is 6.26 Å². The van der Waals surface area contributed by atoms with E-state index in [0.717, 1.165) is 4.68 Å². The van der Waals surface area contributed by atoms with E-state index < -0.39 is 10.8 Å². The van der Waals surface area contributed by atoms with Gasteiger partial charge in [-0.25, -0.2) is 14.2 Å². The lowest BCUT2D eigenvalue weighted by atomic mass is 10.6. The number of imidazole rings is 1. The Hall–Kier alpha value is -2.01. The fraction of sp³-hybridized carbons (Fsp3) is 0.400. The van der Waals surface area contributed by atoms with Gasteiger partial charge in [0.05, 0.1) is 10.8 Å². The van der Waals surface area contributed by atoms with E-state index in [0.29, 0.717) is 5.82 Å². The van der Waals surface area contributed by atoms with Crippen molar-refractivity contribution in [2.24, 2.45) is 0 Å². The summed E-state index contributed by atoms with van der Waals surface area (Å²) in [7, 11) is -1.31. The molecule has 1 unspecified atom stereocenters. The van der Waals surface area contributed by atoms with Gasteiger partial charge in [-0.15, -0.1) is 11.0 Å². The molecule has 0 radical (unpaired) electrons. The molecular formula is C10H11N5O2S. The molecule has 0 fully saturated rings. The van der Waals surface area contributed by atoms with E-state index >= 15 is 0 Å². The highest BCUT2D eigenvalue weighted by Gasteiger charge is 2.16. The number of aryl methyl sites for hydroxylation is 1. The number of rotatable bonds is 2. The molecule has 8 heteroatoms. The van der Waals surface area contributed by atoms with Crippen LogP contribution >= 0.6 is 0 Å². The van der Waals surface area contributed by atoms with Crippen molar-refractivity contribution < 1.29 is 4.21 Å². The molecular weight excluding hydrogens is 254 g/mol. The van der Waals surface area contributed by atoms with Crippen molar-refractivity contribution >= 4 is 16.4 Å².